The van der Waals surface area contributed by atoms with Crippen LogP contribution < -0.4 is 5.32 Å². The number of hydrogen-bond donors (Lipinski definition) is 2. The summed E-state index contributed by atoms with van der Waals surface area (Å²) in [6.45, 7) is 6.12. The van der Waals surface area contributed by atoms with Gasteiger partial charge in [0, 0.05) is 45.0 Å². The molecule has 0 radical (unpaired) electrons. The van der Waals surface area contributed by atoms with Crippen molar-refractivity contribution < 1.29 is 5.11 Å². The lowest BCUT2D eigenvalue weighted by molar-refractivity contribution is 0.110. The molecule has 2 N–H and O–H groups in total. The first kappa shape index (κ1) is 11.6. The van der Waals surface area contributed by atoms with Gasteiger partial charge in [-0.15, -0.1) is 0 Å². The fraction of sp³-hybridized carbons (Fsp3) is 0.727. The zero-order valence-electron chi connectivity index (χ0n) is 9.98. The third-order valence-electron chi connectivity index (χ3n) is 3.18. The largest absolute Gasteiger partial charge is 0.394 e. The molecule has 1 aromatic rings. The Bertz CT molecular complexity index is 344. The quantitative estimate of drug-likeness (QED) is 0.738. The van der Waals surface area contributed by atoms with Crippen LogP contribution in [-0.2, 0) is 7.05 Å². The molecule has 1 aromatic heterocycles. The van der Waals surface area contributed by atoms with Gasteiger partial charge >= 0.3 is 0 Å². The van der Waals surface area contributed by atoms with Crippen molar-refractivity contribution in [1.82, 2.24) is 20.0 Å². The molecule has 2 heterocycles. The third-order valence-corrected chi connectivity index (χ3v) is 3.18. The smallest absolute Gasteiger partial charge is 0.0642 e. The van der Waals surface area contributed by atoms with E-state index in [1.54, 1.807) is 0 Å². The van der Waals surface area contributed by atoms with E-state index >= 15 is 0 Å². The highest BCUT2D eigenvalue weighted by Crippen LogP contribution is 2.22. The van der Waals surface area contributed by atoms with Crippen LogP contribution in [0.4, 0.5) is 0 Å². The van der Waals surface area contributed by atoms with Crippen LogP contribution in [0, 0.1) is 6.92 Å². The van der Waals surface area contributed by atoms with E-state index in [1.165, 1.54) is 0 Å². The molecule has 1 atom stereocenters. The summed E-state index contributed by atoms with van der Waals surface area (Å²) in [7, 11) is 1.92. The standard InChI is InChI=1S/C11H20N4O/c1-9-10(7-14(2)13-9)11(8-16)15-5-3-12-4-6-15/h7,11-12,16H,3-6,8H2,1-2H3. The van der Waals surface area contributed by atoms with E-state index in [4.69, 9.17) is 0 Å². The Morgan fingerprint density at radius 1 is 1.50 bits per heavy atom. The van der Waals surface area contributed by atoms with Crippen molar-refractivity contribution in [1.29, 1.82) is 0 Å². The van der Waals surface area contributed by atoms with E-state index in [0.717, 1.165) is 37.4 Å². The molecule has 0 aliphatic carbocycles. The van der Waals surface area contributed by atoms with Crippen molar-refractivity contribution in [3.8, 4) is 0 Å². The van der Waals surface area contributed by atoms with Crippen molar-refractivity contribution in [3.05, 3.63) is 17.5 Å². The van der Waals surface area contributed by atoms with Crippen molar-refractivity contribution in [2.24, 2.45) is 7.05 Å². The zero-order chi connectivity index (χ0) is 11.5. The summed E-state index contributed by atoms with van der Waals surface area (Å²) in [5.41, 5.74) is 2.16. The van der Waals surface area contributed by atoms with Crippen LogP contribution in [0.2, 0.25) is 0 Å². The van der Waals surface area contributed by atoms with Gasteiger partial charge in [-0.05, 0) is 6.92 Å². The van der Waals surface area contributed by atoms with Crippen LogP contribution in [0.25, 0.3) is 0 Å². The molecule has 0 aromatic carbocycles. The summed E-state index contributed by atoms with van der Waals surface area (Å²) >= 11 is 0. The second kappa shape index (κ2) is 4.95. The average Bonchev–Trinajstić information content (AvgIpc) is 2.61. The number of piperazine rings is 1. The van der Waals surface area contributed by atoms with Gasteiger partial charge in [0.05, 0.1) is 18.3 Å². The Labute approximate surface area is 96.1 Å². The predicted octanol–water partition coefficient (Wildman–Crippen LogP) is -0.333. The molecule has 0 saturated carbocycles. The summed E-state index contributed by atoms with van der Waals surface area (Å²) in [5.74, 6) is 0. The van der Waals surface area contributed by atoms with Crippen LogP contribution in [0.1, 0.15) is 17.3 Å². The van der Waals surface area contributed by atoms with Gasteiger partial charge < -0.3 is 10.4 Å². The number of aromatic nitrogens is 2. The highest BCUT2D eigenvalue weighted by molar-refractivity contribution is 5.20. The first-order valence-corrected chi connectivity index (χ1v) is 5.78. The Kier molecular flexibility index (Phi) is 3.58. The second-order valence-corrected chi connectivity index (χ2v) is 4.33. The molecular weight excluding hydrogens is 204 g/mol. The summed E-state index contributed by atoms with van der Waals surface area (Å²) in [5, 5.41) is 17.2. The van der Waals surface area contributed by atoms with Crippen LogP contribution in [0.15, 0.2) is 6.20 Å². The topological polar surface area (TPSA) is 53.3 Å². The molecule has 1 fully saturated rings. The van der Waals surface area contributed by atoms with Crippen molar-refractivity contribution in [2.75, 3.05) is 32.8 Å². The first-order valence-electron chi connectivity index (χ1n) is 5.78. The minimum atomic E-state index is 0.0933. The Morgan fingerprint density at radius 2 is 2.19 bits per heavy atom. The van der Waals surface area contributed by atoms with Gasteiger partial charge in [0.15, 0.2) is 0 Å². The number of nitrogens with one attached hydrogen (secondary N) is 1. The van der Waals surface area contributed by atoms with E-state index in [1.807, 2.05) is 24.9 Å². The van der Waals surface area contributed by atoms with Gasteiger partial charge in [-0.2, -0.15) is 5.10 Å². The van der Waals surface area contributed by atoms with E-state index in [-0.39, 0.29) is 12.6 Å². The normalized spacial score (nSPS) is 19.9. The number of aliphatic hydroxyl groups is 1. The van der Waals surface area contributed by atoms with Gasteiger partial charge in [-0.1, -0.05) is 0 Å². The minimum absolute atomic E-state index is 0.0933. The highest BCUT2D eigenvalue weighted by Gasteiger charge is 2.24. The minimum Gasteiger partial charge on any atom is -0.394 e. The molecule has 1 unspecified atom stereocenters. The molecule has 1 aliphatic heterocycles. The van der Waals surface area contributed by atoms with Gasteiger partial charge in [0.2, 0.25) is 0 Å². The molecule has 0 spiro atoms. The van der Waals surface area contributed by atoms with Gasteiger partial charge in [-0.3, -0.25) is 9.58 Å². The lowest BCUT2D eigenvalue weighted by atomic mass is 10.1. The third kappa shape index (κ3) is 2.26. The fourth-order valence-corrected chi connectivity index (χ4v) is 2.35. The van der Waals surface area contributed by atoms with Crippen LogP contribution in [0.3, 0.4) is 0 Å². The predicted molar refractivity (Wildman–Crippen MR) is 62.2 cm³/mol. The summed E-state index contributed by atoms with van der Waals surface area (Å²) in [4.78, 5) is 2.32. The van der Waals surface area contributed by atoms with Gasteiger partial charge in [0.1, 0.15) is 0 Å². The van der Waals surface area contributed by atoms with Crippen LogP contribution in [0.5, 0.6) is 0 Å². The Balaban J connectivity index is 2.17. The SMILES string of the molecule is Cc1nn(C)cc1C(CO)N1CCNCC1. The Hall–Kier alpha value is -0.910. The summed E-state index contributed by atoms with van der Waals surface area (Å²) in [6, 6.07) is 0.0933. The first-order chi connectivity index (χ1) is 7.72. The van der Waals surface area contributed by atoms with Crippen LogP contribution in [-0.4, -0.2) is 52.6 Å². The molecule has 0 amide bonds. The van der Waals surface area contributed by atoms with Crippen molar-refractivity contribution in [3.63, 3.8) is 0 Å². The maximum absolute atomic E-state index is 9.57. The van der Waals surface area contributed by atoms with Crippen molar-refractivity contribution >= 4 is 0 Å². The van der Waals surface area contributed by atoms with Crippen LogP contribution >= 0.6 is 0 Å². The molecular formula is C11H20N4O. The monoisotopic (exact) mass is 224 g/mol. The van der Waals surface area contributed by atoms with Crippen molar-refractivity contribution in [2.45, 2.75) is 13.0 Å². The molecule has 5 heteroatoms. The number of aliphatic hydroxyl groups excluding tert-OH is 1. The highest BCUT2D eigenvalue weighted by atomic mass is 16.3. The number of aryl methyl sites for hydroxylation is 2. The molecule has 2 rings (SSSR count). The maximum atomic E-state index is 9.57. The molecule has 1 aliphatic rings. The van der Waals surface area contributed by atoms with E-state index in [0.29, 0.717) is 0 Å². The van der Waals surface area contributed by atoms with E-state index < -0.39 is 0 Å². The fourth-order valence-electron chi connectivity index (χ4n) is 2.35. The zero-order valence-corrected chi connectivity index (χ0v) is 9.98. The average molecular weight is 224 g/mol. The summed E-state index contributed by atoms with van der Waals surface area (Å²) < 4.78 is 1.82. The molecule has 90 valence electrons. The number of nitrogens with zero attached hydrogens (tertiary/aromatic N) is 3. The van der Waals surface area contributed by atoms with E-state index in [9.17, 15) is 5.11 Å². The summed E-state index contributed by atoms with van der Waals surface area (Å²) in [6.07, 6.45) is 2.01. The lowest BCUT2D eigenvalue weighted by Crippen LogP contribution is -2.46. The molecule has 5 nitrogen and oxygen atoms in total. The lowest BCUT2D eigenvalue weighted by Gasteiger charge is -2.33. The Morgan fingerprint density at radius 3 is 2.69 bits per heavy atom. The number of hydrogen-bond acceptors (Lipinski definition) is 4. The maximum Gasteiger partial charge on any atom is 0.0642 e. The second-order valence-electron chi connectivity index (χ2n) is 4.33. The van der Waals surface area contributed by atoms with Gasteiger partial charge in [-0.25, -0.2) is 0 Å². The van der Waals surface area contributed by atoms with Gasteiger partial charge in [0.25, 0.3) is 0 Å². The molecule has 16 heavy (non-hydrogen) atoms. The molecule has 0 bridgehead atoms. The number of rotatable bonds is 3. The van der Waals surface area contributed by atoms with E-state index in [2.05, 4.69) is 15.3 Å². The molecule has 1 saturated heterocycles.